The molecule has 0 radical (unpaired) electrons. The van der Waals surface area contributed by atoms with Crippen molar-refractivity contribution >= 4 is 11.8 Å². The SMILES string of the molecule is CC(C)C[C@H](C(=O)N[C@@H](Cc1ccc(OCc2ccccc2)cc1)C(=O)NC(C)(C)C)N(C)Cc1cccnc1. The number of pyridine rings is 1. The first kappa shape index (κ1) is 30.8. The molecule has 7 heteroatoms. The molecule has 2 amide bonds. The van der Waals surface area contributed by atoms with E-state index in [9.17, 15) is 9.59 Å². The van der Waals surface area contributed by atoms with Gasteiger partial charge in [0.15, 0.2) is 0 Å². The number of likely N-dealkylation sites (N-methyl/N-ethyl adjacent to an activating group) is 1. The van der Waals surface area contributed by atoms with Gasteiger partial charge in [0.2, 0.25) is 11.8 Å². The van der Waals surface area contributed by atoms with Gasteiger partial charge in [-0.15, -0.1) is 0 Å². The Morgan fingerprint density at radius 3 is 2.17 bits per heavy atom. The van der Waals surface area contributed by atoms with Crippen molar-refractivity contribution in [2.45, 2.75) is 78.2 Å². The Hall–Kier alpha value is -3.71. The lowest BCUT2D eigenvalue weighted by atomic mass is 9.99. The van der Waals surface area contributed by atoms with Crippen LogP contribution in [0.5, 0.6) is 5.75 Å². The summed E-state index contributed by atoms with van der Waals surface area (Å²) in [5.41, 5.74) is 2.63. The molecule has 3 rings (SSSR count). The summed E-state index contributed by atoms with van der Waals surface area (Å²) in [6.07, 6.45) is 4.59. The molecule has 0 saturated carbocycles. The molecular weight excluding hydrogens is 500 g/mol. The third kappa shape index (κ3) is 10.5. The summed E-state index contributed by atoms with van der Waals surface area (Å²) < 4.78 is 5.91. The molecule has 40 heavy (non-hydrogen) atoms. The highest BCUT2D eigenvalue weighted by atomic mass is 16.5. The van der Waals surface area contributed by atoms with Crippen LogP contribution in [0.1, 0.15) is 57.7 Å². The van der Waals surface area contributed by atoms with Crippen LogP contribution < -0.4 is 15.4 Å². The summed E-state index contributed by atoms with van der Waals surface area (Å²) in [5, 5.41) is 6.13. The molecule has 2 N–H and O–H groups in total. The fourth-order valence-electron chi connectivity index (χ4n) is 4.46. The Morgan fingerprint density at radius 1 is 0.900 bits per heavy atom. The van der Waals surface area contributed by atoms with Crippen LogP contribution in [-0.2, 0) is 29.2 Å². The van der Waals surface area contributed by atoms with E-state index in [4.69, 9.17) is 4.74 Å². The van der Waals surface area contributed by atoms with Gasteiger partial charge in [0.05, 0.1) is 6.04 Å². The lowest BCUT2D eigenvalue weighted by molar-refractivity contribution is -0.132. The number of benzene rings is 2. The minimum atomic E-state index is -0.718. The number of aromatic nitrogens is 1. The van der Waals surface area contributed by atoms with Crippen molar-refractivity contribution in [1.82, 2.24) is 20.5 Å². The molecule has 214 valence electrons. The van der Waals surface area contributed by atoms with Crippen LogP contribution in [0.25, 0.3) is 0 Å². The molecule has 1 heterocycles. The molecule has 1 aromatic heterocycles. The lowest BCUT2D eigenvalue weighted by Crippen LogP contribution is -2.56. The van der Waals surface area contributed by atoms with Gasteiger partial charge in [0.1, 0.15) is 18.4 Å². The Kier molecular flexibility index (Phi) is 11.3. The van der Waals surface area contributed by atoms with Crippen molar-refractivity contribution in [2.75, 3.05) is 7.05 Å². The van der Waals surface area contributed by atoms with Gasteiger partial charge in [-0.2, -0.15) is 0 Å². The first-order valence-electron chi connectivity index (χ1n) is 14.0. The summed E-state index contributed by atoms with van der Waals surface area (Å²) in [5.74, 6) is 0.694. The molecule has 0 fully saturated rings. The summed E-state index contributed by atoms with van der Waals surface area (Å²) in [6, 6.07) is 20.5. The topological polar surface area (TPSA) is 83.6 Å². The Morgan fingerprint density at radius 2 is 1.57 bits per heavy atom. The maximum Gasteiger partial charge on any atom is 0.243 e. The molecular formula is C33H44N4O3. The van der Waals surface area contributed by atoms with Gasteiger partial charge in [0, 0.05) is 30.9 Å². The van der Waals surface area contributed by atoms with E-state index in [0.29, 0.717) is 31.9 Å². The van der Waals surface area contributed by atoms with Crippen LogP contribution >= 0.6 is 0 Å². The Balaban J connectivity index is 1.73. The third-order valence-corrected chi connectivity index (χ3v) is 6.43. The molecule has 0 aliphatic heterocycles. The molecule has 0 bridgehead atoms. The van der Waals surface area contributed by atoms with Gasteiger partial charge >= 0.3 is 0 Å². The van der Waals surface area contributed by atoms with E-state index in [2.05, 4.69) is 29.5 Å². The smallest absolute Gasteiger partial charge is 0.243 e. The van der Waals surface area contributed by atoms with E-state index in [1.165, 1.54) is 0 Å². The number of hydrogen-bond acceptors (Lipinski definition) is 5. The molecule has 7 nitrogen and oxygen atoms in total. The van der Waals surface area contributed by atoms with Crippen LogP contribution in [0, 0.1) is 5.92 Å². The largest absolute Gasteiger partial charge is 0.489 e. The highest BCUT2D eigenvalue weighted by molar-refractivity contribution is 5.90. The standard InChI is InChI=1S/C33H44N4O3/c1-24(2)19-30(37(6)22-27-13-10-18-34-21-27)32(39)35-29(31(38)36-33(3,4)5)20-25-14-16-28(17-15-25)40-23-26-11-8-7-9-12-26/h7-18,21,24,29-30H,19-20,22-23H2,1-6H3,(H,35,39)(H,36,38)/t29-,30+/m0/s1. The van der Waals surface area contributed by atoms with E-state index in [0.717, 1.165) is 22.4 Å². The maximum absolute atomic E-state index is 13.7. The second kappa shape index (κ2) is 14.6. The van der Waals surface area contributed by atoms with E-state index < -0.39 is 11.6 Å². The van der Waals surface area contributed by atoms with Crippen LogP contribution in [0.15, 0.2) is 79.1 Å². The predicted molar refractivity (Wildman–Crippen MR) is 160 cm³/mol. The van der Waals surface area contributed by atoms with Gasteiger partial charge in [-0.3, -0.25) is 19.5 Å². The number of carbonyl (C=O) groups excluding carboxylic acids is 2. The second-order valence-electron chi connectivity index (χ2n) is 11.8. The maximum atomic E-state index is 13.7. The van der Waals surface area contributed by atoms with Crippen molar-refractivity contribution in [1.29, 1.82) is 0 Å². The van der Waals surface area contributed by atoms with Crippen LogP contribution in [-0.4, -0.2) is 46.4 Å². The van der Waals surface area contributed by atoms with Crippen LogP contribution in [0.3, 0.4) is 0 Å². The van der Waals surface area contributed by atoms with Gasteiger partial charge in [-0.1, -0.05) is 62.4 Å². The molecule has 3 aromatic rings. The van der Waals surface area contributed by atoms with Crippen molar-refractivity contribution in [2.24, 2.45) is 5.92 Å². The average Bonchev–Trinajstić information content (AvgIpc) is 2.91. The fraction of sp³-hybridized carbons (Fsp3) is 0.424. The minimum Gasteiger partial charge on any atom is -0.489 e. The number of rotatable bonds is 13. The number of nitrogens with zero attached hydrogens (tertiary/aromatic N) is 2. The summed E-state index contributed by atoms with van der Waals surface area (Å²) in [4.78, 5) is 33.3. The Bertz CT molecular complexity index is 1190. The highest BCUT2D eigenvalue weighted by Crippen LogP contribution is 2.18. The summed E-state index contributed by atoms with van der Waals surface area (Å²) in [7, 11) is 1.94. The number of amides is 2. The molecule has 0 aliphatic carbocycles. The van der Waals surface area contributed by atoms with Crippen LogP contribution in [0.2, 0.25) is 0 Å². The molecule has 0 aliphatic rings. The van der Waals surface area contributed by atoms with Crippen molar-refractivity contribution < 1.29 is 14.3 Å². The number of carbonyl (C=O) groups is 2. The third-order valence-electron chi connectivity index (χ3n) is 6.43. The monoisotopic (exact) mass is 544 g/mol. The molecule has 2 atom stereocenters. The van der Waals surface area contributed by atoms with E-state index >= 15 is 0 Å². The quantitative estimate of drug-likeness (QED) is 0.311. The minimum absolute atomic E-state index is 0.156. The first-order chi connectivity index (χ1) is 19.0. The zero-order valence-corrected chi connectivity index (χ0v) is 24.7. The van der Waals surface area contributed by atoms with Gasteiger partial charge in [-0.25, -0.2) is 0 Å². The summed E-state index contributed by atoms with van der Waals surface area (Å²) in [6.45, 7) is 11.1. The molecule has 0 spiro atoms. The molecule has 0 saturated heterocycles. The van der Waals surface area contributed by atoms with Crippen molar-refractivity contribution in [3.8, 4) is 5.75 Å². The number of nitrogens with one attached hydrogen (secondary N) is 2. The zero-order chi connectivity index (χ0) is 29.1. The number of ether oxygens (including phenoxy) is 1. The van der Waals surface area contributed by atoms with Gasteiger partial charge in [-0.05, 0) is 75.0 Å². The van der Waals surface area contributed by atoms with Crippen molar-refractivity contribution in [3.63, 3.8) is 0 Å². The van der Waals surface area contributed by atoms with Gasteiger partial charge < -0.3 is 15.4 Å². The fourth-order valence-corrected chi connectivity index (χ4v) is 4.46. The number of hydrogen-bond donors (Lipinski definition) is 2. The first-order valence-corrected chi connectivity index (χ1v) is 14.0. The van der Waals surface area contributed by atoms with Crippen molar-refractivity contribution in [3.05, 3.63) is 95.8 Å². The second-order valence-corrected chi connectivity index (χ2v) is 11.8. The average molecular weight is 545 g/mol. The van der Waals surface area contributed by atoms with Gasteiger partial charge in [0.25, 0.3) is 0 Å². The normalized spacial score (nSPS) is 13.1. The lowest BCUT2D eigenvalue weighted by Gasteiger charge is -2.31. The molecule has 0 unspecified atom stereocenters. The van der Waals surface area contributed by atoms with E-state index in [-0.39, 0.29) is 17.9 Å². The van der Waals surface area contributed by atoms with E-state index in [1.54, 1.807) is 6.20 Å². The highest BCUT2D eigenvalue weighted by Gasteiger charge is 2.30. The van der Waals surface area contributed by atoms with E-state index in [1.807, 2.05) is 106 Å². The molecule has 2 aromatic carbocycles. The van der Waals surface area contributed by atoms with Crippen LogP contribution in [0.4, 0.5) is 0 Å². The summed E-state index contributed by atoms with van der Waals surface area (Å²) >= 11 is 0. The zero-order valence-electron chi connectivity index (χ0n) is 24.7. The Labute approximate surface area is 239 Å². The predicted octanol–water partition coefficient (Wildman–Crippen LogP) is 5.15.